The summed E-state index contributed by atoms with van der Waals surface area (Å²) >= 11 is 0. The Bertz CT molecular complexity index is 1150. The first-order valence-corrected chi connectivity index (χ1v) is 12.0. The number of likely N-dealkylation sites (tertiary alicyclic amines) is 1. The molecule has 2 unspecified atom stereocenters. The van der Waals surface area contributed by atoms with Gasteiger partial charge in [0.05, 0.1) is 11.1 Å². The number of amides is 5. The van der Waals surface area contributed by atoms with Crippen molar-refractivity contribution in [3.05, 3.63) is 29.3 Å². The van der Waals surface area contributed by atoms with Crippen molar-refractivity contribution in [3.63, 3.8) is 0 Å². The molecule has 0 bridgehead atoms. The highest BCUT2D eigenvalue weighted by atomic mass is 16.4. The molecule has 186 valence electrons. The number of nitrogens with zero attached hydrogens (tertiary/aromatic N) is 2. The Kier molecular flexibility index (Phi) is 5.19. The summed E-state index contributed by atoms with van der Waals surface area (Å²) in [6.07, 6.45) is 1.23. The summed E-state index contributed by atoms with van der Waals surface area (Å²) in [5.74, 6) is -1.69. The van der Waals surface area contributed by atoms with Crippen molar-refractivity contribution in [2.75, 3.05) is 18.4 Å². The maximum atomic E-state index is 13.0. The van der Waals surface area contributed by atoms with Crippen LogP contribution in [0.15, 0.2) is 18.2 Å². The molecule has 5 rings (SSSR count). The number of piperidine rings is 1. The van der Waals surface area contributed by atoms with Crippen molar-refractivity contribution in [2.45, 2.75) is 58.5 Å². The van der Waals surface area contributed by atoms with Crippen LogP contribution in [-0.2, 0) is 9.59 Å². The molecule has 3 aliphatic heterocycles. The van der Waals surface area contributed by atoms with Gasteiger partial charge in [-0.3, -0.25) is 29.4 Å². The fourth-order valence-corrected chi connectivity index (χ4v) is 6.73. The predicted molar refractivity (Wildman–Crippen MR) is 125 cm³/mol. The second-order valence-electron chi connectivity index (χ2n) is 11.4. The van der Waals surface area contributed by atoms with Gasteiger partial charge in [-0.2, -0.15) is 0 Å². The second kappa shape index (κ2) is 7.79. The number of benzene rings is 1. The van der Waals surface area contributed by atoms with Crippen LogP contribution in [0.25, 0.3) is 0 Å². The van der Waals surface area contributed by atoms with Gasteiger partial charge < -0.3 is 15.3 Å². The topological polar surface area (TPSA) is 136 Å². The largest absolute Gasteiger partial charge is 0.465 e. The third-order valence-corrected chi connectivity index (χ3v) is 7.87. The molecule has 1 aromatic carbocycles. The van der Waals surface area contributed by atoms with Crippen molar-refractivity contribution in [2.24, 2.45) is 16.7 Å². The van der Waals surface area contributed by atoms with E-state index in [1.54, 1.807) is 23.1 Å². The lowest BCUT2D eigenvalue weighted by Gasteiger charge is -2.67. The quantitative estimate of drug-likeness (QED) is 0.560. The summed E-state index contributed by atoms with van der Waals surface area (Å²) in [7, 11) is 0. The molecule has 1 aliphatic carbocycles. The molecule has 1 saturated carbocycles. The molecule has 0 radical (unpaired) electrons. The van der Waals surface area contributed by atoms with Crippen LogP contribution in [0.3, 0.4) is 0 Å². The fraction of sp³-hybridized carbons (Fsp3) is 0.560. The van der Waals surface area contributed by atoms with Gasteiger partial charge in [-0.05, 0) is 48.8 Å². The molecule has 3 heterocycles. The van der Waals surface area contributed by atoms with E-state index < -0.39 is 35.8 Å². The Morgan fingerprint density at radius 1 is 1.14 bits per heavy atom. The number of anilines is 1. The van der Waals surface area contributed by atoms with Crippen LogP contribution < -0.4 is 10.6 Å². The van der Waals surface area contributed by atoms with Crippen LogP contribution in [0.1, 0.15) is 67.2 Å². The van der Waals surface area contributed by atoms with E-state index >= 15 is 0 Å². The van der Waals surface area contributed by atoms with Gasteiger partial charge in [0.1, 0.15) is 6.04 Å². The minimum Gasteiger partial charge on any atom is -0.465 e. The van der Waals surface area contributed by atoms with Crippen molar-refractivity contribution in [1.29, 1.82) is 0 Å². The normalized spacial score (nSPS) is 30.1. The zero-order valence-electron chi connectivity index (χ0n) is 20.1. The molecule has 35 heavy (non-hydrogen) atoms. The Balaban J connectivity index is 1.22. The predicted octanol–water partition coefficient (Wildman–Crippen LogP) is 2.30. The van der Waals surface area contributed by atoms with E-state index in [0.717, 1.165) is 17.7 Å². The maximum Gasteiger partial charge on any atom is 0.407 e. The summed E-state index contributed by atoms with van der Waals surface area (Å²) in [4.78, 5) is 63.6. The molecule has 3 fully saturated rings. The van der Waals surface area contributed by atoms with E-state index in [4.69, 9.17) is 0 Å². The van der Waals surface area contributed by atoms with Gasteiger partial charge in [0.15, 0.2) is 0 Å². The van der Waals surface area contributed by atoms with Gasteiger partial charge in [-0.25, -0.2) is 4.79 Å². The standard InChI is InChI=1S/C25H30N4O6/c1-24(2,3)22-25(12-28(22)23(34)35)9-13(10-25)11-26-14-4-5-15-16(8-14)21(33)29(20(15)32)17-6-7-18(30)27-19(17)31/h4-5,8,13,17,22,26H,6-7,9-12H2,1-3H3,(H,34,35)(H,27,30,31). The van der Waals surface area contributed by atoms with Gasteiger partial charge in [-0.15, -0.1) is 0 Å². The van der Waals surface area contributed by atoms with Crippen molar-refractivity contribution in [1.82, 2.24) is 15.1 Å². The summed E-state index contributed by atoms with van der Waals surface area (Å²) in [5.41, 5.74) is 1.12. The molecule has 1 spiro atoms. The number of rotatable bonds is 4. The van der Waals surface area contributed by atoms with Crippen molar-refractivity contribution < 1.29 is 29.1 Å². The minimum atomic E-state index is -0.980. The third-order valence-electron chi connectivity index (χ3n) is 7.87. The fourth-order valence-electron chi connectivity index (χ4n) is 6.73. The molecular formula is C25H30N4O6. The van der Waals surface area contributed by atoms with E-state index in [2.05, 4.69) is 31.4 Å². The molecule has 1 aromatic rings. The van der Waals surface area contributed by atoms with Gasteiger partial charge in [0.2, 0.25) is 11.8 Å². The lowest BCUT2D eigenvalue weighted by molar-refractivity contribution is -0.169. The van der Waals surface area contributed by atoms with Gasteiger partial charge in [-0.1, -0.05) is 20.8 Å². The first kappa shape index (κ1) is 23.3. The Morgan fingerprint density at radius 3 is 2.46 bits per heavy atom. The Morgan fingerprint density at radius 2 is 1.83 bits per heavy atom. The molecule has 0 aromatic heterocycles. The number of carboxylic acid groups (broad SMARTS) is 1. The number of hydrogen-bond acceptors (Lipinski definition) is 6. The number of imide groups is 2. The van der Waals surface area contributed by atoms with E-state index in [0.29, 0.717) is 24.7 Å². The number of hydrogen-bond donors (Lipinski definition) is 3. The molecule has 3 N–H and O–H groups in total. The third kappa shape index (κ3) is 3.66. The van der Waals surface area contributed by atoms with E-state index in [1.807, 2.05) is 0 Å². The Hall–Kier alpha value is -3.43. The summed E-state index contributed by atoms with van der Waals surface area (Å²) in [5, 5.41) is 15.1. The summed E-state index contributed by atoms with van der Waals surface area (Å²) < 4.78 is 0. The van der Waals surface area contributed by atoms with Gasteiger partial charge in [0.25, 0.3) is 11.8 Å². The van der Waals surface area contributed by atoms with Crippen LogP contribution in [0, 0.1) is 16.7 Å². The zero-order valence-corrected chi connectivity index (χ0v) is 20.1. The van der Waals surface area contributed by atoms with E-state index in [-0.39, 0.29) is 40.8 Å². The number of fused-ring (bicyclic) bond motifs is 1. The summed E-state index contributed by atoms with van der Waals surface area (Å²) in [6.45, 7) is 7.51. The van der Waals surface area contributed by atoms with Crippen molar-refractivity contribution in [3.8, 4) is 0 Å². The molecule has 2 atom stereocenters. The molecule has 10 heteroatoms. The smallest absolute Gasteiger partial charge is 0.407 e. The van der Waals surface area contributed by atoms with Gasteiger partial charge in [0, 0.05) is 36.7 Å². The van der Waals surface area contributed by atoms with Crippen LogP contribution in [0.5, 0.6) is 0 Å². The minimum absolute atomic E-state index is 0.00522. The second-order valence-corrected chi connectivity index (χ2v) is 11.4. The van der Waals surface area contributed by atoms with Crippen LogP contribution in [0.4, 0.5) is 10.5 Å². The van der Waals surface area contributed by atoms with Gasteiger partial charge >= 0.3 is 6.09 Å². The highest BCUT2D eigenvalue weighted by molar-refractivity contribution is 6.23. The van der Waals surface area contributed by atoms with E-state index in [1.165, 1.54) is 0 Å². The van der Waals surface area contributed by atoms with E-state index in [9.17, 15) is 29.1 Å². The van der Waals surface area contributed by atoms with Crippen LogP contribution in [0.2, 0.25) is 0 Å². The number of carbonyl (C=O) groups excluding carboxylic acids is 4. The number of carbonyl (C=O) groups is 5. The highest BCUT2D eigenvalue weighted by Gasteiger charge is 2.63. The molecule has 2 saturated heterocycles. The lowest BCUT2D eigenvalue weighted by atomic mass is 9.49. The molecule has 10 nitrogen and oxygen atoms in total. The molecular weight excluding hydrogens is 452 g/mol. The molecule has 4 aliphatic rings. The monoisotopic (exact) mass is 482 g/mol. The van der Waals surface area contributed by atoms with Crippen LogP contribution in [-0.4, -0.2) is 69.8 Å². The first-order valence-electron chi connectivity index (χ1n) is 12.0. The first-order chi connectivity index (χ1) is 16.4. The highest BCUT2D eigenvalue weighted by Crippen LogP contribution is 2.60. The molecule has 5 amide bonds. The zero-order chi connectivity index (χ0) is 25.3. The lowest BCUT2D eigenvalue weighted by Crippen LogP contribution is -2.74. The number of nitrogens with one attached hydrogen (secondary N) is 2. The summed E-state index contributed by atoms with van der Waals surface area (Å²) in [6, 6.07) is 4.01. The SMILES string of the molecule is CC(C)(C)C1N(C(=O)O)CC12CC(CNc1ccc3c(c1)C(=O)N(C1CCC(=O)NC1=O)C3=O)C2. The van der Waals surface area contributed by atoms with Crippen LogP contribution >= 0.6 is 0 Å². The maximum absolute atomic E-state index is 13.0. The van der Waals surface area contributed by atoms with Crippen molar-refractivity contribution >= 4 is 35.4 Å². The Labute approximate surface area is 203 Å². The average molecular weight is 483 g/mol. The average Bonchev–Trinajstić information content (AvgIpc) is 2.95.